The van der Waals surface area contributed by atoms with Crippen LogP contribution in [0.1, 0.15) is 0 Å². The molecular weight excluding hydrogens is 280 g/mol. The Labute approximate surface area is 128 Å². The van der Waals surface area contributed by atoms with E-state index in [1.54, 1.807) is 18.2 Å². The highest BCUT2D eigenvalue weighted by molar-refractivity contribution is 5.72. The Balaban J connectivity index is 0.000000188. The van der Waals surface area contributed by atoms with Crippen LogP contribution in [0.2, 0.25) is 0 Å². The third-order valence-electron chi connectivity index (χ3n) is 2.93. The Bertz CT molecular complexity index is 722. The standard InChI is InChI=1S/C12H10O2.C6H6O2/c13-11-8-4-7-10(12(11)14)9-5-2-1-3-6-9;7-5-2-1-3-6(8)4-5/h1-8,13-14H;1-4,7-8H. The van der Waals surface area contributed by atoms with Gasteiger partial charge in [0.25, 0.3) is 0 Å². The van der Waals surface area contributed by atoms with Crippen LogP contribution < -0.4 is 0 Å². The fourth-order valence-corrected chi connectivity index (χ4v) is 1.88. The van der Waals surface area contributed by atoms with Crippen molar-refractivity contribution in [1.29, 1.82) is 0 Å². The highest BCUT2D eigenvalue weighted by Crippen LogP contribution is 2.35. The molecule has 0 heterocycles. The summed E-state index contributed by atoms with van der Waals surface area (Å²) in [6.07, 6.45) is 0. The number of aromatic hydroxyl groups is 4. The summed E-state index contributed by atoms with van der Waals surface area (Å²) in [5.41, 5.74) is 1.53. The first-order valence-corrected chi connectivity index (χ1v) is 6.62. The van der Waals surface area contributed by atoms with Gasteiger partial charge >= 0.3 is 0 Å². The summed E-state index contributed by atoms with van der Waals surface area (Å²) in [5.74, 6) is 0.0139. The number of benzene rings is 3. The van der Waals surface area contributed by atoms with E-state index in [-0.39, 0.29) is 23.0 Å². The lowest BCUT2D eigenvalue weighted by Gasteiger charge is -2.05. The van der Waals surface area contributed by atoms with Crippen molar-refractivity contribution in [2.45, 2.75) is 0 Å². The van der Waals surface area contributed by atoms with Gasteiger partial charge in [0.1, 0.15) is 11.5 Å². The normalized spacial score (nSPS) is 9.64. The fourth-order valence-electron chi connectivity index (χ4n) is 1.88. The Morgan fingerprint density at radius 2 is 1.14 bits per heavy atom. The van der Waals surface area contributed by atoms with Crippen LogP contribution in [-0.4, -0.2) is 20.4 Å². The molecular formula is C18H16O4. The largest absolute Gasteiger partial charge is 0.508 e. The van der Waals surface area contributed by atoms with E-state index >= 15 is 0 Å². The molecule has 0 saturated carbocycles. The second-order valence-corrected chi connectivity index (χ2v) is 4.56. The monoisotopic (exact) mass is 296 g/mol. The summed E-state index contributed by atoms with van der Waals surface area (Å²) < 4.78 is 0. The minimum Gasteiger partial charge on any atom is -0.508 e. The van der Waals surface area contributed by atoms with Gasteiger partial charge in [-0.15, -0.1) is 0 Å². The maximum absolute atomic E-state index is 9.60. The van der Waals surface area contributed by atoms with E-state index < -0.39 is 0 Å². The number of rotatable bonds is 1. The van der Waals surface area contributed by atoms with Crippen LogP contribution >= 0.6 is 0 Å². The molecule has 0 unspecified atom stereocenters. The van der Waals surface area contributed by atoms with E-state index in [9.17, 15) is 10.2 Å². The molecule has 4 N–H and O–H groups in total. The van der Waals surface area contributed by atoms with Gasteiger partial charge < -0.3 is 20.4 Å². The molecule has 4 nitrogen and oxygen atoms in total. The Hall–Kier alpha value is -3.14. The third-order valence-corrected chi connectivity index (χ3v) is 2.93. The Morgan fingerprint density at radius 1 is 0.545 bits per heavy atom. The van der Waals surface area contributed by atoms with Gasteiger partial charge in [0.05, 0.1) is 0 Å². The highest BCUT2D eigenvalue weighted by atomic mass is 16.3. The molecule has 0 bridgehead atoms. The van der Waals surface area contributed by atoms with E-state index in [1.165, 1.54) is 24.3 Å². The van der Waals surface area contributed by atoms with Crippen LogP contribution in [0, 0.1) is 0 Å². The van der Waals surface area contributed by atoms with Crippen molar-refractivity contribution < 1.29 is 20.4 Å². The lowest BCUT2D eigenvalue weighted by atomic mass is 10.0. The molecule has 22 heavy (non-hydrogen) atoms. The molecule has 112 valence electrons. The van der Waals surface area contributed by atoms with Gasteiger partial charge in [-0.2, -0.15) is 0 Å². The molecule has 0 fully saturated rings. The van der Waals surface area contributed by atoms with Gasteiger partial charge in [-0.3, -0.25) is 0 Å². The lowest BCUT2D eigenvalue weighted by Crippen LogP contribution is -1.78. The first kappa shape index (κ1) is 15.3. The van der Waals surface area contributed by atoms with E-state index in [4.69, 9.17) is 10.2 Å². The van der Waals surface area contributed by atoms with Crippen LogP contribution in [-0.2, 0) is 0 Å². The molecule has 4 heteroatoms. The second-order valence-electron chi connectivity index (χ2n) is 4.56. The predicted octanol–water partition coefficient (Wildman–Crippen LogP) is 3.86. The summed E-state index contributed by atoms with van der Waals surface area (Å²) >= 11 is 0. The molecule has 0 aliphatic heterocycles. The molecule has 0 atom stereocenters. The minimum atomic E-state index is -0.0913. The first-order valence-electron chi connectivity index (χ1n) is 6.62. The number of hydrogen-bond acceptors (Lipinski definition) is 4. The topological polar surface area (TPSA) is 80.9 Å². The highest BCUT2D eigenvalue weighted by Gasteiger charge is 2.06. The second kappa shape index (κ2) is 7.04. The van der Waals surface area contributed by atoms with Crippen LogP contribution in [0.4, 0.5) is 0 Å². The molecule has 0 saturated heterocycles. The smallest absolute Gasteiger partial charge is 0.165 e. The number of hydrogen-bond donors (Lipinski definition) is 4. The van der Waals surface area contributed by atoms with E-state index in [2.05, 4.69) is 0 Å². The van der Waals surface area contributed by atoms with Gasteiger partial charge in [0, 0.05) is 11.6 Å². The Morgan fingerprint density at radius 3 is 1.68 bits per heavy atom. The molecule has 0 aliphatic carbocycles. The zero-order valence-electron chi connectivity index (χ0n) is 11.7. The van der Waals surface area contributed by atoms with Crippen LogP contribution in [0.3, 0.4) is 0 Å². The summed E-state index contributed by atoms with van der Waals surface area (Å²) in [6, 6.07) is 20.2. The molecule has 0 radical (unpaired) electrons. The average molecular weight is 296 g/mol. The number of phenols is 4. The van der Waals surface area contributed by atoms with Gasteiger partial charge in [0.2, 0.25) is 0 Å². The van der Waals surface area contributed by atoms with Crippen LogP contribution in [0.5, 0.6) is 23.0 Å². The third kappa shape index (κ3) is 3.93. The maximum Gasteiger partial charge on any atom is 0.165 e. The summed E-state index contributed by atoms with van der Waals surface area (Å²) in [7, 11) is 0. The summed E-state index contributed by atoms with van der Waals surface area (Å²) in [6.45, 7) is 0. The number of para-hydroxylation sites is 1. The van der Waals surface area contributed by atoms with Crippen LogP contribution in [0.15, 0.2) is 72.8 Å². The number of phenolic OH excluding ortho intramolecular Hbond substituents is 4. The van der Waals surface area contributed by atoms with Gasteiger partial charge in [-0.25, -0.2) is 0 Å². The maximum atomic E-state index is 9.60. The molecule has 0 aliphatic rings. The van der Waals surface area contributed by atoms with Crippen molar-refractivity contribution in [1.82, 2.24) is 0 Å². The quantitative estimate of drug-likeness (QED) is 0.514. The van der Waals surface area contributed by atoms with Gasteiger partial charge in [-0.1, -0.05) is 48.5 Å². The van der Waals surface area contributed by atoms with E-state index in [0.717, 1.165) is 5.56 Å². The van der Waals surface area contributed by atoms with Crippen molar-refractivity contribution in [2.75, 3.05) is 0 Å². The van der Waals surface area contributed by atoms with E-state index in [0.29, 0.717) is 5.56 Å². The van der Waals surface area contributed by atoms with E-state index in [1.807, 2.05) is 30.3 Å². The molecule has 3 rings (SSSR count). The first-order chi connectivity index (χ1) is 10.6. The fraction of sp³-hybridized carbons (Fsp3) is 0. The SMILES string of the molecule is Oc1cccc(-c2ccccc2)c1O.Oc1cccc(O)c1. The van der Waals surface area contributed by atoms with Crippen molar-refractivity contribution in [3.8, 4) is 34.1 Å². The zero-order chi connectivity index (χ0) is 15.9. The molecule has 3 aromatic carbocycles. The van der Waals surface area contributed by atoms with Crippen LogP contribution in [0.25, 0.3) is 11.1 Å². The van der Waals surface area contributed by atoms with Crippen molar-refractivity contribution in [3.05, 3.63) is 72.8 Å². The summed E-state index contributed by atoms with van der Waals surface area (Å²) in [4.78, 5) is 0. The molecule has 3 aromatic rings. The molecule has 0 aromatic heterocycles. The summed E-state index contributed by atoms with van der Waals surface area (Å²) in [5, 5.41) is 36.2. The van der Waals surface area contributed by atoms with Crippen molar-refractivity contribution >= 4 is 0 Å². The van der Waals surface area contributed by atoms with Gasteiger partial charge in [-0.05, 0) is 23.8 Å². The average Bonchev–Trinajstić information content (AvgIpc) is 2.51. The molecule has 0 spiro atoms. The lowest BCUT2D eigenvalue weighted by molar-refractivity contribution is 0.405. The van der Waals surface area contributed by atoms with Crippen molar-refractivity contribution in [3.63, 3.8) is 0 Å². The van der Waals surface area contributed by atoms with Crippen molar-refractivity contribution in [2.24, 2.45) is 0 Å². The predicted molar refractivity (Wildman–Crippen MR) is 85.0 cm³/mol. The Kier molecular flexibility index (Phi) is 4.88. The molecule has 0 amide bonds. The minimum absolute atomic E-state index is 0.0706. The van der Waals surface area contributed by atoms with Gasteiger partial charge in [0.15, 0.2) is 11.5 Å². The zero-order valence-corrected chi connectivity index (χ0v) is 11.7.